The van der Waals surface area contributed by atoms with Gasteiger partial charge in [0.2, 0.25) is 0 Å². The highest BCUT2D eigenvalue weighted by Gasteiger charge is 2.02. The fourth-order valence-electron chi connectivity index (χ4n) is 4.48. The third-order valence-corrected chi connectivity index (χ3v) is 6.83. The first-order valence-corrected chi connectivity index (χ1v) is 15.5. The lowest BCUT2D eigenvalue weighted by atomic mass is 10.0. The van der Waals surface area contributed by atoms with Gasteiger partial charge in [0.1, 0.15) is 0 Å². The number of hydrogen-bond donors (Lipinski definition) is 0. The molecule has 0 amide bonds. The number of hydrogen-bond acceptors (Lipinski definition) is 2. The van der Waals surface area contributed by atoms with E-state index in [1.165, 1.54) is 128 Å². The molecule has 2 nitrogen and oxygen atoms in total. The summed E-state index contributed by atoms with van der Waals surface area (Å²) < 4.78 is 5.40. The molecule has 0 unspecified atom stereocenters. The van der Waals surface area contributed by atoms with Gasteiger partial charge in [0.15, 0.2) is 0 Å². The number of allylic oxidation sites excluding steroid dienone is 2. The average molecular weight is 479 g/mol. The molecule has 0 aliphatic carbocycles. The summed E-state index contributed by atoms with van der Waals surface area (Å²) in [7, 11) is 0. The molecule has 0 aliphatic heterocycles. The molecule has 34 heavy (non-hydrogen) atoms. The van der Waals surface area contributed by atoms with Gasteiger partial charge in [0.25, 0.3) is 0 Å². The van der Waals surface area contributed by atoms with Crippen molar-refractivity contribution in [3.8, 4) is 0 Å². The molecule has 0 fully saturated rings. The molecule has 0 rings (SSSR count). The van der Waals surface area contributed by atoms with Gasteiger partial charge in [-0.3, -0.25) is 4.79 Å². The van der Waals surface area contributed by atoms with E-state index < -0.39 is 0 Å². The van der Waals surface area contributed by atoms with Crippen LogP contribution in [0.4, 0.5) is 0 Å². The van der Waals surface area contributed by atoms with Crippen molar-refractivity contribution in [3.63, 3.8) is 0 Å². The lowest BCUT2D eigenvalue weighted by molar-refractivity contribution is -0.143. The zero-order valence-electron chi connectivity index (χ0n) is 23.7. The quantitative estimate of drug-likeness (QED) is 0.0666. The summed E-state index contributed by atoms with van der Waals surface area (Å²) in [6.45, 7) is 7.52. The lowest BCUT2D eigenvalue weighted by Gasteiger charge is -2.06. The van der Waals surface area contributed by atoms with Crippen LogP contribution in [-0.2, 0) is 9.53 Å². The van der Waals surface area contributed by atoms with Crippen molar-refractivity contribution < 1.29 is 9.53 Å². The lowest BCUT2D eigenvalue weighted by Crippen LogP contribution is -2.05. The molecule has 0 aliphatic rings. The van der Waals surface area contributed by atoms with E-state index in [9.17, 15) is 4.79 Å². The second-order valence-corrected chi connectivity index (χ2v) is 10.9. The Hall–Kier alpha value is -0.790. The Balaban J connectivity index is 3.17. The number of rotatable bonds is 27. The third kappa shape index (κ3) is 29.2. The van der Waals surface area contributed by atoms with E-state index in [0.29, 0.717) is 13.0 Å². The van der Waals surface area contributed by atoms with Crippen LogP contribution < -0.4 is 0 Å². The molecule has 0 radical (unpaired) electrons. The van der Waals surface area contributed by atoms with E-state index in [2.05, 4.69) is 32.9 Å². The largest absolute Gasteiger partial charge is 0.466 e. The molecule has 0 spiro atoms. The van der Waals surface area contributed by atoms with Crippen LogP contribution in [0.5, 0.6) is 0 Å². The molecule has 0 saturated carbocycles. The highest BCUT2D eigenvalue weighted by Crippen LogP contribution is 2.14. The third-order valence-electron chi connectivity index (χ3n) is 6.83. The minimum atomic E-state index is 0.0128. The van der Waals surface area contributed by atoms with Crippen molar-refractivity contribution in [1.82, 2.24) is 0 Å². The van der Waals surface area contributed by atoms with Gasteiger partial charge in [0.05, 0.1) is 6.61 Å². The minimum Gasteiger partial charge on any atom is -0.466 e. The Labute approximate surface area is 215 Å². The fourth-order valence-corrected chi connectivity index (χ4v) is 4.48. The zero-order chi connectivity index (χ0) is 25.0. The van der Waals surface area contributed by atoms with Crippen molar-refractivity contribution >= 4 is 5.97 Å². The molecule has 0 aromatic heterocycles. The SMILES string of the molecule is CCCC/C=C\CCCCCCCC(=O)OCCCCCCCCCCCCCCCC(C)C. The van der Waals surface area contributed by atoms with Crippen LogP contribution in [0.3, 0.4) is 0 Å². The van der Waals surface area contributed by atoms with Crippen molar-refractivity contribution in [2.45, 2.75) is 175 Å². The summed E-state index contributed by atoms with van der Waals surface area (Å²) in [5.41, 5.74) is 0. The molecule has 2 heteroatoms. The predicted octanol–water partition coefficient (Wildman–Crippen LogP) is 11.1. The molecule has 0 saturated heterocycles. The van der Waals surface area contributed by atoms with Crippen molar-refractivity contribution in [2.24, 2.45) is 5.92 Å². The Bertz CT molecular complexity index is 427. The monoisotopic (exact) mass is 478 g/mol. The molecule has 0 N–H and O–H groups in total. The minimum absolute atomic E-state index is 0.0128. The Kier molecular flexibility index (Phi) is 27.8. The van der Waals surface area contributed by atoms with Crippen LogP contribution >= 0.6 is 0 Å². The van der Waals surface area contributed by atoms with Crippen LogP contribution in [0.15, 0.2) is 12.2 Å². The molecular weight excluding hydrogens is 416 g/mol. The second-order valence-electron chi connectivity index (χ2n) is 10.9. The highest BCUT2D eigenvalue weighted by atomic mass is 16.5. The van der Waals surface area contributed by atoms with Crippen LogP contribution in [0, 0.1) is 5.92 Å². The number of unbranched alkanes of at least 4 members (excludes halogenated alkanes) is 19. The van der Waals surface area contributed by atoms with Crippen molar-refractivity contribution in [1.29, 1.82) is 0 Å². The second kappa shape index (κ2) is 28.4. The highest BCUT2D eigenvalue weighted by molar-refractivity contribution is 5.69. The van der Waals surface area contributed by atoms with E-state index in [0.717, 1.165) is 25.2 Å². The molecule has 0 heterocycles. The van der Waals surface area contributed by atoms with Gasteiger partial charge >= 0.3 is 5.97 Å². The first kappa shape index (κ1) is 33.2. The molecule has 0 aromatic carbocycles. The van der Waals surface area contributed by atoms with Gasteiger partial charge < -0.3 is 4.74 Å². The number of ether oxygens (including phenoxy) is 1. The van der Waals surface area contributed by atoms with E-state index in [-0.39, 0.29) is 5.97 Å². The predicted molar refractivity (Wildman–Crippen MR) is 151 cm³/mol. The Morgan fingerprint density at radius 3 is 1.56 bits per heavy atom. The van der Waals surface area contributed by atoms with Gasteiger partial charge in [-0.1, -0.05) is 148 Å². The first-order valence-electron chi connectivity index (χ1n) is 15.5. The topological polar surface area (TPSA) is 26.3 Å². The van der Waals surface area contributed by atoms with Crippen LogP contribution in [-0.4, -0.2) is 12.6 Å². The van der Waals surface area contributed by atoms with Crippen LogP contribution in [0.2, 0.25) is 0 Å². The molecule has 0 atom stereocenters. The summed E-state index contributed by atoms with van der Waals surface area (Å²) in [4.78, 5) is 11.8. The zero-order valence-corrected chi connectivity index (χ0v) is 23.7. The summed E-state index contributed by atoms with van der Waals surface area (Å²) in [6.07, 6.45) is 35.4. The van der Waals surface area contributed by atoms with Crippen LogP contribution in [0.25, 0.3) is 0 Å². The maximum atomic E-state index is 11.8. The van der Waals surface area contributed by atoms with Crippen LogP contribution in [0.1, 0.15) is 175 Å². The van der Waals surface area contributed by atoms with Gasteiger partial charge in [-0.2, -0.15) is 0 Å². The van der Waals surface area contributed by atoms with Gasteiger partial charge in [-0.05, 0) is 38.0 Å². The summed E-state index contributed by atoms with van der Waals surface area (Å²) in [6, 6.07) is 0. The van der Waals surface area contributed by atoms with Gasteiger partial charge in [-0.15, -0.1) is 0 Å². The number of carbonyl (C=O) groups excluding carboxylic acids is 1. The summed E-state index contributed by atoms with van der Waals surface area (Å²) in [5, 5.41) is 0. The molecule has 0 aromatic rings. The van der Waals surface area contributed by atoms with Crippen molar-refractivity contribution in [3.05, 3.63) is 12.2 Å². The first-order chi connectivity index (χ1) is 16.7. The smallest absolute Gasteiger partial charge is 0.305 e. The normalized spacial score (nSPS) is 11.6. The van der Waals surface area contributed by atoms with E-state index in [4.69, 9.17) is 4.74 Å². The fraction of sp³-hybridized carbons (Fsp3) is 0.906. The standard InChI is InChI=1S/C32H62O2/c1-4-5-6-7-8-9-13-17-20-23-26-29-32(33)34-30-27-24-21-18-15-12-10-11-14-16-19-22-25-28-31(2)3/h7-8,31H,4-6,9-30H2,1-3H3/b8-7-. The number of carbonyl (C=O) groups is 1. The van der Waals surface area contributed by atoms with Gasteiger partial charge in [-0.25, -0.2) is 0 Å². The Morgan fingerprint density at radius 2 is 1.03 bits per heavy atom. The molecule has 202 valence electrons. The van der Waals surface area contributed by atoms with E-state index in [1.807, 2.05) is 0 Å². The molecule has 0 bridgehead atoms. The van der Waals surface area contributed by atoms with Gasteiger partial charge in [0, 0.05) is 6.42 Å². The molecular formula is C32H62O2. The average Bonchev–Trinajstić information content (AvgIpc) is 2.82. The van der Waals surface area contributed by atoms with E-state index >= 15 is 0 Å². The van der Waals surface area contributed by atoms with Crippen molar-refractivity contribution in [2.75, 3.05) is 6.61 Å². The Morgan fingerprint density at radius 1 is 0.588 bits per heavy atom. The maximum Gasteiger partial charge on any atom is 0.305 e. The number of esters is 1. The maximum absolute atomic E-state index is 11.8. The summed E-state index contributed by atoms with van der Waals surface area (Å²) >= 11 is 0. The van der Waals surface area contributed by atoms with E-state index in [1.54, 1.807) is 0 Å². The summed E-state index contributed by atoms with van der Waals surface area (Å²) in [5.74, 6) is 0.885.